The molecule has 0 spiro atoms. The average molecular weight is 243 g/mol. The number of amides is 1. The molecule has 0 atom stereocenters. The third kappa shape index (κ3) is 3.28. The molecule has 0 radical (unpaired) electrons. The van der Waals surface area contributed by atoms with Crippen molar-refractivity contribution < 1.29 is 4.79 Å². The van der Waals surface area contributed by atoms with E-state index >= 15 is 0 Å². The Kier molecular flexibility index (Phi) is 3.86. The summed E-state index contributed by atoms with van der Waals surface area (Å²) in [7, 11) is 0. The lowest BCUT2D eigenvalue weighted by molar-refractivity contribution is 0.0954. The van der Waals surface area contributed by atoms with Crippen LogP contribution in [0.5, 0.6) is 0 Å². The van der Waals surface area contributed by atoms with Gasteiger partial charge in [-0.25, -0.2) is 0 Å². The lowest BCUT2D eigenvalue weighted by atomic mass is 10.2. The first-order valence-corrected chi connectivity index (χ1v) is 5.62. The molecule has 0 aliphatic heterocycles. The van der Waals surface area contributed by atoms with Crippen molar-refractivity contribution in [2.24, 2.45) is 0 Å². The molecule has 2 heterocycles. The molecule has 1 amide bonds. The molecule has 0 aliphatic rings. The number of hydrogen-bond acceptors (Lipinski definition) is 3. The molecular formula is C13H13N3O2. The van der Waals surface area contributed by atoms with Gasteiger partial charge in [-0.2, -0.15) is 0 Å². The largest absolute Gasteiger partial charge is 0.352 e. The van der Waals surface area contributed by atoms with Gasteiger partial charge in [0.2, 0.25) is 5.56 Å². The number of aromatic amines is 1. The van der Waals surface area contributed by atoms with Gasteiger partial charge in [0.1, 0.15) is 0 Å². The van der Waals surface area contributed by atoms with Gasteiger partial charge in [-0.3, -0.25) is 14.6 Å². The molecule has 0 unspecified atom stereocenters. The van der Waals surface area contributed by atoms with Gasteiger partial charge in [-0.05, 0) is 18.2 Å². The van der Waals surface area contributed by atoms with E-state index < -0.39 is 0 Å². The number of carbonyl (C=O) groups excluding carboxylic acids is 1. The van der Waals surface area contributed by atoms with E-state index in [1.807, 2.05) is 18.2 Å². The van der Waals surface area contributed by atoms with Gasteiger partial charge in [0.15, 0.2) is 0 Å². The Morgan fingerprint density at radius 2 is 2.22 bits per heavy atom. The van der Waals surface area contributed by atoms with Crippen molar-refractivity contribution >= 4 is 5.91 Å². The monoisotopic (exact) mass is 243 g/mol. The van der Waals surface area contributed by atoms with Gasteiger partial charge in [0.25, 0.3) is 5.91 Å². The van der Waals surface area contributed by atoms with Gasteiger partial charge in [0.05, 0.1) is 0 Å². The first kappa shape index (κ1) is 12.0. The first-order chi connectivity index (χ1) is 8.75. The molecule has 18 heavy (non-hydrogen) atoms. The number of hydrogen-bond donors (Lipinski definition) is 2. The van der Waals surface area contributed by atoms with Crippen LogP contribution >= 0.6 is 0 Å². The number of nitrogens with zero attached hydrogens (tertiary/aromatic N) is 1. The zero-order chi connectivity index (χ0) is 12.8. The van der Waals surface area contributed by atoms with E-state index in [4.69, 9.17) is 0 Å². The van der Waals surface area contributed by atoms with Crippen LogP contribution in [0.25, 0.3) is 0 Å². The Hall–Kier alpha value is -2.43. The molecule has 5 nitrogen and oxygen atoms in total. The highest BCUT2D eigenvalue weighted by atomic mass is 16.2. The minimum Gasteiger partial charge on any atom is -0.352 e. The second kappa shape index (κ2) is 5.77. The molecule has 0 aromatic carbocycles. The fraction of sp³-hybridized carbons (Fsp3) is 0.154. The minimum atomic E-state index is -0.285. The molecule has 0 fully saturated rings. The Labute approximate surface area is 104 Å². The van der Waals surface area contributed by atoms with Crippen LogP contribution in [0, 0.1) is 0 Å². The number of nitrogens with one attached hydrogen (secondary N) is 2. The maximum Gasteiger partial charge on any atom is 0.251 e. The Morgan fingerprint density at radius 1 is 1.33 bits per heavy atom. The lowest BCUT2D eigenvalue weighted by Crippen LogP contribution is -2.26. The van der Waals surface area contributed by atoms with E-state index in [9.17, 15) is 9.59 Å². The SMILES string of the molecule is O=C(NCCc1ccccn1)c1cc[nH]c(=O)c1. The average Bonchev–Trinajstić information content (AvgIpc) is 2.40. The second-order valence-corrected chi connectivity index (χ2v) is 3.77. The van der Waals surface area contributed by atoms with Gasteiger partial charge >= 0.3 is 0 Å². The Balaban J connectivity index is 1.87. The Bertz CT molecular complexity index is 578. The summed E-state index contributed by atoms with van der Waals surface area (Å²) in [6.45, 7) is 0.489. The van der Waals surface area contributed by atoms with Crippen LogP contribution in [-0.4, -0.2) is 22.4 Å². The van der Waals surface area contributed by atoms with Crippen molar-refractivity contribution in [3.63, 3.8) is 0 Å². The minimum absolute atomic E-state index is 0.253. The molecule has 92 valence electrons. The topological polar surface area (TPSA) is 74.8 Å². The molecular weight excluding hydrogens is 230 g/mol. The van der Waals surface area contributed by atoms with E-state index in [0.717, 1.165) is 5.69 Å². The fourth-order valence-corrected chi connectivity index (χ4v) is 1.54. The van der Waals surface area contributed by atoms with Crippen molar-refractivity contribution in [2.75, 3.05) is 6.54 Å². The van der Waals surface area contributed by atoms with E-state index in [-0.39, 0.29) is 11.5 Å². The third-order valence-electron chi connectivity index (χ3n) is 2.43. The van der Waals surface area contributed by atoms with Crippen molar-refractivity contribution in [2.45, 2.75) is 6.42 Å². The summed E-state index contributed by atoms with van der Waals surface area (Å²) in [4.78, 5) is 29.4. The summed E-state index contributed by atoms with van der Waals surface area (Å²) >= 11 is 0. The number of pyridine rings is 2. The normalized spacial score (nSPS) is 10.0. The summed E-state index contributed by atoms with van der Waals surface area (Å²) < 4.78 is 0. The van der Waals surface area contributed by atoms with Crippen LogP contribution in [0.1, 0.15) is 16.1 Å². The van der Waals surface area contributed by atoms with Gasteiger partial charge in [-0.1, -0.05) is 6.07 Å². The van der Waals surface area contributed by atoms with Crippen LogP contribution in [0.15, 0.2) is 47.5 Å². The number of aromatic nitrogens is 2. The first-order valence-electron chi connectivity index (χ1n) is 5.62. The molecule has 0 bridgehead atoms. The predicted molar refractivity (Wildman–Crippen MR) is 67.3 cm³/mol. The van der Waals surface area contributed by atoms with Crippen LogP contribution in [-0.2, 0) is 6.42 Å². The quantitative estimate of drug-likeness (QED) is 0.831. The van der Waals surface area contributed by atoms with Crippen LogP contribution in [0.3, 0.4) is 0 Å². The van der Waals surface area contributed by atoms with E-state index in [1.165, 1.54) is 12.3 Å². The molecule has 0 saturated carbocycles. The summed E-state index contributed by atoms with van der Waals surface area (Å²) in [5, 5.41) is 2.74. The molecule has 5 heteroatoms. The van der Waals surface area contributed by atoms with Gasteiger partial charge in [0, 0.05) is 42.7 Å². The standard InChI is InChI=1S/C13H13N3O2/c17-12-9-10(4-7-15-12)13(18)16-8-5-11-3-1-2-6-14-11/h1-4,6-7,9H,5,8H2,(H,15,17)(H,16,18). The molecule has 2 N–H and O–H groups in total. The third-order valence-corrected chi connectivity index (χ3v) is 2.43. The number of H-pyrrole nitrogens is 1. The summed E-state index contributed by atoms with van der Waals surface area (Å²) in [5.74, 6) is -0.253. The molecule has 0 saturated heterocycles. The lowest BCUT2D eigenvalue weighted by Gasteiger charge is -2.04. The summed E-state index contributed by atoms with van der Waals surface area (Å²) in [5.41, 5.74) is 0.996. The highest BCUT2D eigenvalue weighted by Crippen LogP contribution is 1.95. The second-order valence-electron chi connectivity index (χ2n) is 3.77. The number of carbonyl (C=O) groups is 1. The van der Waals surface area contributed by atoms with E-state index in [0.29, 0.717) is 18.5 Å². The summed E-state index contributed by atoms with van der Waals surface area (Å²) in [6, 6.07) is 8.49. The van der Waals surface area contributed by atoms with Gasteiger partial charge < -0.3 is 10.3 Å². The van der Waals surface area contributed by atoms with Crippen LogP contribution in [0.4, 0.5) is 0 Å². The van der Waals surface area contributed by atoms with E-state index in [2.05, 4.69) is 15.3 Å². The van der Waals surface area contributed by atoms with Gasteiger partial charge in [-0.15, -0.1) is 0 Å². The fourth-order valence-electron chi connectivity index (χ4n) is 1.54. The maximum atomic E-state index is 11.7. The zero-order valence-corrected chi connectivity index (χ0v) is 9.72. The van der Waals surface area contributed by atoms with Crippen LogP contribution in [0.2, 0.25) is 0 Å². The zero-order valence-electron chi connectivity index (χ0n) is 9.72. The summed E-state index contributed by atoms with van der Waals surface area (Å²) in [6.07, 6.45) is 3.83. The molecule has 0 aliphatic carbocycles. The Morgan fingerprint density at radius 3 is 2.94 bits per heavy atom. The maximum absolute atomic E-state index is 11.7. The van der Waals surface area contributed by atoms with Crippen LogP contribution < -0.4 is 10.9 Å². The van der Waals surface area contributed by atoms with Crippen molar-refractivity contribution in [3.8, 4) is 0 Å². The van der Waals surface area contributed by atoms with Crippen molar-refractivity contribution in [1.82, 2.24) is 15.3 Å². The van der Waals surface area contributed by atoms with Crippen molar-refractivity contribution in [1.29, 1.82) is 0 Å². The molecule has 2 aromatic rings. The van der Waals surface area contributed by atoms with E-state index in [1.54, 1.807) is 12.3 Å². The smallest absolute Gasteiger partial charge is 0.251 e. The molecule has 2 rings (SSSR count). The number of rotatable bonds is 4. The highest BCUT2D eigenvalue weighted by Gasteiger charge is 2.04. The van der Waals surface area contributed by atoms with Crippen molar-refractivity contribution in [3.05, 3.63) is 64.3 Å². The predicted octanol–water partition coefficient (Wildman–Crippen LogP) is 0.742. The highest BCUT2D eigenvalue weighted by molar-refractivity contribution is 5.93. The molecule has 2 aromatic heterocycles.